The van der Waals surface area contributed by atoms with E-state index in [1.165, 1.54) is 6.08 Å². The highest BCUT2D eigenvalue weighted by molar-refractivity contribution is 6.43. The number of benzene rings is 2. The summed E-state index contributed by atoms with van der Waals surface area (Å²) in [4.78, 5) is 23.9. The number of furan rings is 1. The van der Waals surface area contributed by atoms with Crippen LogP contribution in [-0.2, 0) is 9.59 Å². The fourth-order valence-electron chi connectivity index (χ4n) is 2.55. The van der Waals surface area contributed by atoms with Crippen molar-refractivity contribution >= 4 is 52.5 Å². The summed E-state index contributed by atoms with van der Waals surface area (Å²) in [6.07, 6.45) is 2.94. The number of carbonyl (C=O) groups excluding carboxylic acids is 2. The molecule has 2 N–H and O–H groups in total. The maximum absolute atomic E-state index is 12.2. The minimum absolute atomic E-state index is 0.0633. The Hall–Kier alpha value is -3.02. The van der Waals surface area contributed by atoms with Gasteiger partial charge in [-0.1, -0.05) is 43.1 Å². The molecule has 30 heavy (non-hydrogen) atoms. The van der Waals surface area contributed by atoms with Gasteiger partial charge in [0, 0.05) is 28.9 Å². The van der Waals surface area contributed by atoms with E-state index in [9.17, 15) is 9.59 Å². The molecule has 1 heterocycles. The van der Waals surface area contributed by atoms with Crippen LogP contribution in [0.2, 0.25) is 10.0 Å². The van der Waals surface area contributed by atoms with Crippen molar-refractivity contribution in [2.24, 2.45) is 5.92 Å². The van der Waals surface area contributed by atoms with Crippen LogP contribution in [0.25, 0.3) is 17.4 Å². The zero-order valence-corrected chi connectivity index (χ0v) is 17.9. The fraction of sp³-hybridized carbons (Fsp3) is 0.130. The minimum Gasteiger partial charge on any atom is -0.457 e. The minimum atomic E-state index is -0.312. The van der Waals surface area contributed by atoms with Gasteiger partial charge in [-0.2, -0.15) is 0 Å². The molecule has 0 atom stereocenters. The van der Waals surface area contributed by atoms with Gasteiger partial charge in [-0.15, -0.1) is 0 Å². The molecule has 0 fully saturated rings. The standard InChI is InChI=1S/C23H20Cl2N2O3/c1-14(2)23(29)27-16-8-6-15(7-9-16)26-21(28)13-11-17-10-12-20(30-17)18-4-3-5-19(24)22(18)25/h3-14H,1-2H3,(H,26,28)(H,27,29). The largest absolute Gasteiger partial charge is 0.457 e. The molecule has 0 radical (unpaired) electrons. The molecule has 0 saturated carbocycles. The molecule has 7 heteroatoms. The summed E-state index contributed by atoms with van der Waals surface area (Å²) in [6.45, 7) is 3.64. The fourth-order valence-corrected chi connectivity index (χ4v) is 2.94. The van der Waals surface area contributed by atoms with Gasteiger partial charge < -0.3 is 15.1 Å². The van der Waals surface area contributed by atoms with E-state index in [1.54, 1.807) is 60.7 Å². The second-order valence-corrected chi connectivity index (χ2v) is 7.63. The maximum Gasteiger partial charge on any atom is 0.248 e. The van der Waals surface area contributed by atoms with E-state index >= 15 is 0 Å². The summed E-state index contributed by atoms with van der Waals surface area (Å²) in [5.74, 6) is 0.579. The van der Waals surface area contributed by atoms with Gasteiger partial charge in [0.25, 0.3) is 0 Å². The smallest absolute Gasteiger partial charge is 0.248 e. The quantitative estimate of drug-likeness (QED) is 0.427. The van der Waals surface area contributed by atoms with Crippen LogP contribution in [0.5, 0.6) is 0 Å². The molecule has 0 aliphatic rings. The van der Waals surface area contributed by atoms with Crippen LogP contribution in [-0.4, -0.2) is 11.8 Å². The Morgan fingerprint density at radius 1 is 0.933 bits per heavy atom. The van der Waals surface area contributed by atoms with Gasteiger partial charge in [-0.3, -0.25) is 9.59 Å². The zero-order chi connectivity index (χ0) is 21.7. The molecule has 0 aliphatic carbocycles. The zero-order valence-electron chi connectivity index (χ0n) is 16.4. The van der Waals surface area contributed by atoms with Gasteiger partial charge in [0.1, 0.15) is 11.5 Å². The molecule has 3 aromatic rings. The molecule has 2 aromatic carbocycles. The van der Waals surface area contributed by atoms with Crippen molar-refractivity contribution in [1.29, 1.82) is 0 Å². The van der Waals surface area contributed by atoms with Crippen molar-refractivity contribution in [3.63, 3.8) is 0 Å². The van der Waals surface area contributed by atoms with Gasteiger partial charge in [0.2, 0.25) is 11.8 Å². The highest BCUT2D eigenvalue weighted by Crippen LogP contribution is 2.34. The average molecular weight is 443 g/mol. The van der Waals surface area contributed by atoms with Crippen molar-refractivity contribution in [2.75, 3.05) is 10.6 Å². The predicted molar refractivity (Wildman–Crippen MR) is 122 cm³/mol. The van der Waals surface area contributed by atoms with Crippen LogP contribution in [0, 0.1) is 5.92 Å². The summed E-state index contributed by atoms with van der Waals surface area (Å²) in [5, 5.41) is 6.40. The Balaban J connectivity index is 1.61. The van der Waals surface area contributed by atoms with Gasteiger partial charge >= 0.3 is 0 Å². The average Bonchev–Trinajstić information content (AvgIpc) is 3.18. The molecular weight excluding hydrogens is 423 g/mol. The Kier molecular flexibility index (Phi) is 6.98. The molecule has 0 saturated heterocycles. The number of anilines is 2. The third-order valence-electron chi connectivity index (χ3n) is 4.19. The molecular formula is C23H20Cl2N2O3. The first-order valence-corrected chi connectivity index (χ1v) is 10.0. The van der Waals surface area contributed by atoms with E-state index in [4.69, 9.17) is 27.6 Å². The number of amides is 2. The maximum atomic E-state index is 12.2. The van der Waals surface area contributed by atoms with Crippen LogP contribution >= 0.6 is 23.2 Å². The second kappa shape index (κ2) is 9.65. The molecule has 5 nitrogen and oxygen atoms in total. The number of halogens is 2. The van der Waals surface area contributed by atoms with Crippen molar-refractivity contribution < 1.29 is 14.0 Å². The van der Waals surface area contributed by atoms with Crippen LogP contribution in [0.15, 0.2) is 65.1 Å². The van der Waals surface area contributed by atoms with E-state index in [-0.39, 0.29) is 17.7 Å². The summed E-state index contributed by atoms with van der Waals surface area (Å²) >= 11 is 12.2. The number of rotatable bonds is 6. The van der Waals surface area contributed by atoms with E-state index in [0.29, 0.717) is 38.5 Å². The first-order valence-electron chi connectivity index (χ1n) is 9.27. The number of hydrogen-bond donors (Lipinski definition) is 2. The summed E-state index contributed by atoms with van der Waals surface area (Å²) in [5.41, 5.74) is 1.96. The molecule has 1 aromatic heterocycles. The van der Waals surface area contributed by atoms with Gasteiger partial charge in [0.15, 0.2) is 0 Å². The third-order valence-corrected chi connectivity index (χ3v) is 5.01. The first kappa shape index (κ1) is 21.7. The van der Waals surface area contributed by atoms with Crippen molar-refractivity contribution in [2.45, 2.75) is 13.8 Å². The summed E-state index contributed by atoms with van der Waals surface area (Å²) in [7, 11) is 0. The highest BCUT2D eigenvalue weighted by atomic mass is 35.5. The summed E-state index contributed by atoms with van der Waals surface area (Å²) in [6, 6.07) is 15.7. The molecule has 0 spiro atoms. The lowest BCUT2D eigenvalue weighted by Gasteiger charge is -2.08. The Morgan fingerprint density at radius 3 is 2.27 bits per heavy atom. The second-order valence-electron chi connectivity index (χ2n) is 6.85. The van der Waals surface area contributed by atoms with Crippen molar-refractivity contribution in [3.05, 3.63) is 76.5 Å². The van der Waals surface area contributed by atoms with Crippen LogP contribution in [0.4, 0.5) is 11.4 Å². The molecule has 0 aliphatic heterocycles. The van der Waals surface area contributed by atoms with E-state index in [2.05, 4.69) is 10.6 Å². The Morgan fingerprint density at radius 2 is 1.60 bits per heavy atom. The number of nitrogens with one attached hydrogen (secondary N) is 2. The van der Waals surface area contributed by atoms with Crippen molar-refractivity contribution in [1.82, 2.24) is 0 Å². The van der Waals surface area contributed by atoms with Gasteiger partial charge in [-0.05, 0) is 54.6 Å². The highest BCUT2D eigenvalue weighted by Gasteiger charge is 2.10. The lowest BCUT2D eigenvalue weighted by Crippen LogP contribution is -2.17. The molecule has 0 unspecified atom stereocenters. The van der Waals surface area contributed by atoms with Crippen LogP contribution in [0.3, 0.4) is 0 Å². The Bertz CT molecular complexity index is 1090. The molecule has 154 valence electrons. The van der Waals surface area contributed by atoms with Gasteiger partial charge in [0.05, 0.1) is 10.0 Å². The predicted octanol–water partition coefficient (Wildman–Crippen LogP) is 6.50. The molecule has 3 rings (SSSR count). The molecule has 0 bridgehead atoms. The molecule has 2 amide bonds. The topological polar surface area (TPSA) is 71.3 Å². The summed E-state index contributed by atoms with van der Waals surface area (Å²) < 4.78 is 5.73. The number of carbonyl (C=O) groups is 2. The van der Waals surface area contributed by atoms with E-state index < -0.39 is 0 Å². The van der Waals surface area contributed by atoms with Crippen LogP contribution in [0.1, 0.15) is 19.6 Å². The van der Waals surface area contributed by atoms with E-state index in [0.717, 1.165) is 0 Å². The SMILES string of the molecule is CC(C)C(=O)Nc1ccc(NC(=O)C=Cc2ccc(-c3cccc(Cl)c3Cl)o2)cc1. The Labute approximate surface area is 184 Å². The van der Waals surface area contributed by atoms with E-state index in [1.807, 2.05) is 13.8 Å². The van der Waals surface area contributed by atoms with Crippen LogP contribution < -0.4 is 10.6 Å². The monoisotopic (exact) mass is 442 g/mol. The lowest BCUT2D eigenvalue weighted by molar-refractivity contribution is -0.119. The first-order chi connectivity index (χ1) is 14.3. The number of hydrogen-bond acceptors (Lipinski definition) is 3. The lowest BCUT2D eigenvalue weighted by atomic mass is 10.2. The normalized spacial score (nSPS) is 11.1. The third kappa shape index (κ3) is 5.53. The van der Waals surface area contributed by atoms with Crippen molar-refractivity contribution in [3.8, 4) is 11.3 Å². The van der Waals surface area contributed by atoms with Gasteiger partial charge in [-0.25, -0.2) is 0 Å².